The fourth-order valence-corrected chi connectivity index (χ4v) is 2.67. The molecule has 0 saturated heterocycles. The van der Waals surface area contributed by atoms with Gasteiger partial charge in [-0.25, -0.2) is 4.79 Å². The van der Waals surface area contributed by atoms with Crippen LogP contribution in [0.1, 0.15) is 27.9 Å². The molecule has 3 aromatic rings. The van der Waals surface area contributed by atoms with Crippen molar-refractivity contribution >= 4 is 0 Å². The van der Waals surface area contributed by atoms with Crippen LogP contribution in [0.25, 0.3) is 0 Å². The van der Waals surface area contributed by atoms with E-state index in [1.165, 1.54) is 5.56 Å². The van der Waals surface area contributed by atoms with E-state index in [1.54, 1.807) is 6.92 Å². The average molecular weight is 336 g/mol. The molecule has 0 spiro atoms. The highest BCUT2D eigenvalue weighted by atomic mass is 16.5. The minimum atomic E-state index is -0.491. The molecule has 0 fully saturated rings. The number of aromatic amines is 2. The molecular weight excluding hydrogens is 316 g/mol. The number of hydrogen-bond acceptors (Lipinski definition) is 3. The van der Waals surface area contributed by atoms with Gasteiger partial charge >= 0.3 is 5.69 Å². The first-order valence-corrected chi connectivity index (χ1v) is 8.11. The SMILES string of the molecule is Cc1ccc(COc2ccccc2Cc2c(C)[nH]c(=O)[nH]c2=O)cc1. The van der Waals surface area contributed by atoms with E-state index in [-0.39, 0.29) is 5.56 Å². The van der Waals surface area contributed by atoms with Gasteiger partial charge < -0.3 is 9.72 Å². The van der Waals surface area contributed by atoms with Gasteiger partial charge in [0.25, 0.3) is 5.56 Å². The fourth-order valence-electron chi connectivity index (χ4n) is 2.67. The Morgan fingerprint density at radius 2 is 1.64 bits per heavy atom. The third-order valence-corrected chi connectivity index (χ3v) is 4.11. The lowest BCUT2D eigenvalue weighted by Gasteiger charge is -2.12. The second-order valence-electron chi connectivity index (χ2n) is 6.07. The molecule has 128 valence electrons. The molecule has 0 aliphatic heterocycles. The molecule has 0 amide bonds. The molecule has 0 aliphatic carbocycles. The zero-order valence-corrected chi connectivity index (χ0v) is 14.3. The zero-order valence-electron chi connectivity index (χ0n) is 14.3. The standard InChI is InChI=1S/C20H20N2O3/c1-13-7-9-15(10-8-13)12-25-18-6-4-3-5-16(18)11-17-14(2)21-20(24)22-19(17)23/h3-10H,11-12H2,1-2H3,(H2,21,22,23,24). The highest BCUT2D eigenvalue weighted by Gasteiger charge is 2.11. The van der Waals surface area contributed by atoms with E-state index in [9.17, 15) is 9.59 Å². The third-order valence-electron chi connectivity index (χ3n) is 4.11. The van der Waals surface area contributed by atoms with E-state index < -0.39 is 5.69 Å². The van der Waals surface area contributed by atoms with Crippen LogP contribution in [0, 0.1) is 13.8 Å². The Morgan fingerprint density at radius 3 is 2.36 bits per heavy atom. The summed E-state index contributed by atoms with van der Waals surface area (Å²) < 4.78 is 5.95. The predicted molar refractivity (Wildman–Crippen MR) is 97.2 cm³/mol. The Bertz CT molecular complexity index is 985. The van der Waals surface area contributed by atoms with E-state index >= 15 is 0 Å². The molecule has 5 heteroatoms. The Kier molecular flexibility index (Phi) is 4.84. The second kappa shape index (κ2) is 7.21. The molecule has 2 N–H and O–H groups in total. The van der Waals surface area contributed by atoms with E-state index in [0.29, 0.717) is 24.3 Å². The van der Waals surface area contributed by atoms with Crippen molar-refractivity contribution in [2.45, 2.75) is 26.9 Å². The van der Waals surface area contributed by atoms with Crippen LogP contribution >= 0.6 is 0 Å². The number of ether oxygens (including phenoxy) is 1. The average Bonchev–Trinajstić information content (AvgIpc) is 2.58. The topological polar surface area (TPSA) is 75.0 Å². The maximum Gasteiger partial charge on any atom is 0.325 e. The largest absolute Gasteiger partial charge is 0.489 e. The van der Waals surface area contributed by atoms with Gasteiger partial charge in [0.15, 0.2) is 0 Å². The minimum absolute atomic E-state index is 0.366. The second-order valence-corrected chi connectivity index (χ2v) is 6.07. The Hall–Kier alpha value is -3.08. The molecule has 3 rings (SSSR count). The normalized spacial score (nSPS) is 10.6. The number of aromatic nitrogens is 2. The van der Waals surface area contributed by atoms with E-state index in [4.69, 9.17) is 4.74 Å². The lowest BCUT2D eigenvalue weighted by atomic mass is 10.0. The summed E-state index contributed by atoms with van der Waals surface area (Å²) in [6, 6.07) is 15.8. The predicted octanol–water partition coefficient (Wildman–Crippen LogP) is 2.85. The van der Waals surface area contributed by atoms with Crippen LogP contribution in [0.4, 0.5) is 0 Å². The van der Waals surface area contributed by atoms with E-state index in [2.05, 4.69) is 9.97 Å². The highest BCUT2D eigenvalue weighted by molar-refractivity contribution is 5.38. The van der Waals surface area contributed by atoms with Crippen molar-refractivity contribution in [1.29, 1.82) is 0 Å². The van der Waals surface area contributed by atoms with Crippen molar-refractivity contribution in [3.63, 3.8) is 0 Å². The van der Waals surface area contributed by atoms with Gasteiger partial charge in [-0.1, -0.05) is 48.0 Å². The quantitative estimate of drug-likeness (QED) is 0.752. The number of rotatable bonds is 5. The number of nitrogens with one attached hydrogen (secondary N) is 2. The highest BCUT2D eigenvalue weighted by Crippen LogP contribution is 2.22. The number of H-pyrrole nitrogens is 2. The fraction of sp³-hybridized carbons (Fsp3) is 0.200. The van der Waals surface area contributed by atoms with Crippen LogP contribution in [-0.4, -0.2) is 9.97 Å². The Labute approximate surface area is 145 Å². The maximum absolute atomic E-state index is 12.1. The number of benzene rings is 2. The number of aryl methyl sites for hydroxylation is 2. The first-order valence-electron chi connectivity index (χ1n) is 8.11. The summed E-state index contributed by atoms with van der Waals surface area (Å²) in [5, 5.41) is 0. The lowest BCUT2D eigenvalue weighted by Crippen LogP contribution is -2.27. The first-order chi connectivity index (χ1) is 12.0. The van der Waals surface area contributed by atoms with Crippen LogP contribution in [0.5, 0.6) is 5.75 Å². The van der Waals surface area contributed by atoms with Gasteiger partial charge in [0, 0.05) is 17.7 Å². The van der Waals surface area contributed by atoms with Gasteiger partial charge in [-0.05, 0) is 31.0 Å². The molecule has 0 radical (unpaired) electrons. The summed E-state index contributed by atoms with van der Waals surface area (Å²) in [5.74, 6) is 0.730. The minimum Gasteiger partial charge on any atom is -0.489 e. The van der Waals surface area contributed by atoms with Gasteiger partial charge in [0.1, 0.15) is 12.4 Å². The summed E-state index contributed by atoms with van der Waals surface area (Å²) in [7, 11) is 0. The number of para-hydroxylation sites is 1. The number of hydrogen-bond donors (Lipinski definition) is 2. The van der Waals surface area contributed by atoms with Crippen molar-refractivity contribution < 1.29 is 4.74 Å². The van der Waals surface area contributed by atoms with Crippen molar-refractivity contribution in [2.75, 3.05) is 0 Å². The summed E-state index contributed by atoms with van der Waals surface area (Å²) >= 11 is 0. The maximum atomic E-state index is 12.1. The molecule has 5 nitrogen and oxygen atoms in total. The van der Waals surface area contributed by atoms with E-state index in [0.717, 1.165) is 16.9 Å². The van der Waals surface area contributed by atoms with Crippen LogP contribution in [-0.2, 0) is 13.0 Å². The van der Waals surface area contributed by atoms with Crippen LogP contribution in [0.15, 0.2) is 58.1 Å². The molecular formula is C20H20N2O3. The van der Waals surface area contributed by atoms with Crippen LogP contribution in [0.3, 0.4) is 0 Å². The Balaban J connectivity index is 1.83. The molecule has 0 unspecified atom stereocenters. The molecule has 1 heterocycles. The summed E-state index contributed by atoms with van der Waals surface area (Å²) in [6.45, 7) is 4.23. The monoisotopic (exact) mass is 336 g/mol. The molecule has 0 bridgehead atoms. The first kappa shape index (κ1) is 16.8. The zero-order chi connectivity index (χ0) is 17.8. The molecule has 0 aliphatic rings. The molecule has 0 saturated carbocycles. The third kappa shape index (κ3) is 4.07. The van der Waals surface area contributed by atoms with Crippen molar-refractivity contribution in [3.8, 4) is 5.75 Å². The van der Waals surface area contributed by atoms with Crippen molar-refractivity contribution in [2.24, 2.45) is 0 Å². The van der Waals surface area contributed by atoms with Crippen molar-refractivity contribution in [1.82, 2.24) is 9.97 Å². The summed E-state index contributed by atoms with van der Waals surface area (Å²) in [6.07, 6.45) is 0.391. The van der Waals surface area contributed by atoms with Gasteiger partial charge in [-0.2, -0.15) is 0 Å². The van der Waals surface area contributed by atoms with Crippen molar-refractivity contribution in [3.05, 3.63) is 97.3 Å². The van der Waals surface area contributed by atoms with Crippen LogP contribution in [0.2, 0.25) is 0 Å². The molecule has 2 aromatic carbocycles. The summed E-state index contributed by atoms with van der Waals surface area (Å²) in [5.41, 5.74) is 3.43. The summed E-state index contributed by atoms with van der Waals surface area (Å²) in [4.78, 5) is 28.3. The van der Waals surface area contributed by atoms with Gasteiger partial charge in [-0.15, -0.1) is 0 Å². The van der Waals surface area contributed by atoms with Gasteiger partial charge in [-0.3, -0.25) is 9.78 Å². The molecule has 1 aromatic heterocycles. The van der Waals surface area contributed by atoms with Gasteiger partial charge in [0.05, 0.1) is 0 Å². The van der Waals surface area contributed by atoms with Gasteiger partial charge in [0.2, 0.25) is 0 Å². The van der Waals surface area contributed by atoms with Crippen LogP contribution < -0.4 is 16.0 Å². The van der Waals surface area contributed by atoms with E-state index in [1.807, 2.05) is 55.5 Å². The Morgan fingerprint density at radius 1 is 0.920 bits per heavy atom. The molecule has 25 heavy (non-hydrogen) atoms. The smallest absolute Gasteiger partial charge is 0.325 e. The molecule has 0 atom stereocenters. The lowest BCUT2D eigenvalue weighted by molar-refractivity contribution is 0.303.